The zero-order valence-electron chi connectivity index (χ0n) is 23.1. The third-order valence-corrected chi connectivity index (χ3v) is 5.05. The van der Waals surface area contributed by atoms with Crippen LogP contribution in [0.2, 0.25) is 0 Å². The standard InChI is InChI=1S/C28H46O10/c1-3-5-11-31-13-15-33-17-19-35-21-23-37-27(29)25-7-9-26(10-8-25)28(30)38-24-22-36-20-18-34-16-14-32-12-6-4-2/h7-10H,3-6,11-24H2,1-2H3. The molecular weight excluding hydrogens is 496 g/mol. The van der Waals surface area contributed by atoms with E-state index in [4.69, 9.17) is 37.9 Å². The Kier molecular flexibility index (Phi) is 22.5. The largest absolute Gasteiger partial charge is 0.460 e. The van der Waals surface area contributed by atoms with Crippen molar-refractivity contribution in [1.82, 2.24) is 0 Å². The summed E-state index contributed by atoms with van der Waals surface area (Å²) in [6, 6.07) is 6.10. The zero-order valence-corrected chi connectivity index (χ0v) is 23.1. The summed E-state index contributed by atoms with van der Waals surface area (Å²) in [5, 5.41) is 0. The molecule has 1 aromatic carbocycles. The van der Waals surface area contributed by atoms with Gasteiger partial charge in [-0.05, 0) is 37.1 Å². The van der Waals surface area contributed by atoms with Crippen molar-refractivity contribution in [3.05, 3.63) is 35.4 Å². The van der Waals surface area contributed by atoms with Gasteiger partial charge in [-0.2, -0.15) is 0 Å². The molecule has 0 spiro atoms. The maximum atomic E-state index is 12.1. The van der Waals surface area contributed by atoms with Crippen LogP contribution < -0.4 is 0 Å². The van der Waals surface area contributed by atoms with E-state index in [9.17, 15) is 9.59 Å². The molecule has 218 valence electrons. The Bertz CT molecular complexity index is 636. The Morgan fingerprint density at radius 1 is 0.447 bits per heavy atom. The van der Waals surface area contributed by atoms with Crippen molar-refractivity contribution in [2.75, 3.05) is 92.5 Å². The Morgan fingerprint density at radius 2 is 0.711 bits per heavy atom. The zero-order chi connectivity index (χ0) is 27.5. The lowest BCUT2D eigenvalue weighted by atomic mass is 10.1. The molecule has 0 saturated carbocycles. The first-order valence-electron chi connectivity index (χ1n) is 13.6. The lowest BCUT2D eigenvalue weighted by molar-refractivity contribution is 0.0000653. The Morgan fingerprint density at radius 3 is 1.00 bits per heavy atom. The second-order valence-corrected chi connectivity index (χ2v) is 8.23. The molecule has 0 aliphatic carbocycles. The van der Waals surface area contributed by atoms with Crippen LogP contribution >= 0.6 is 0 Å². The SMILES string of the molecule is CCCCOCCOCCOCCOC(=O)c1ccc(C(=O)OCCOCCOCCOCCCC)cc1. The minimum absolute atomic E-state index is 0.126. The van der Waals surface area contributed by atoms with Crippen LogP contribution in [-0.2, 0) is 37.9 Å². The molecule has 0 aliphatic heterocycles. The molecule has 0 N–H and O–H groups in total. The number of ether oxygens (including phenoxy) is 8. The predicted octanol–water partition coefficient (Wildman–Crippen LogP) is 3.70. The van der Waals surface area contributed by atoms with Crippen molar-refractivity contribution < 1.29 is 47.5 Å². The minimum Gasteiger partial charge on any atom is -0.460 e. The monoisotopic (exact) mass is 542 g/mol. The van der Waals surface area contributed by atoms with Crippen LogP contribution in [0.3, 0.4) is 0 Å². The summed E-state index contributed by atoms with van der Waals surface area (Å²) in [5.41, 5.74) is 0.680. The highest BCUT2D eigenvalue weighted by Gasteiger charge is 2.11. The molecule has 0 amide bonds. The van der Waals surface area contributed by atoms with E-state index in [0.29, 0.717) is 64.0 Å². The lowest BCUT2D eigenvalue weighted by Crippen LogP contribution is -2.15. The average Bonchev–Trinajstić information content (AvgIpc) is 2.94. The van der Waals surface area contributed by atoms with Gasteiger partial charge in [0, 0.05) is 13.2 Å². The first-order valence-corrected chi connectivity index (χ1v) is 13.6. The highest BCUT2D eigenvalue weighted by molar-refractivity contribution is 5.93. The van der Waals surface area contributed by atoms with Crippen molar-refractivity contribution >= 4 is 11.9 Å². The molecule has 10 heteroatoms. The van der Waals surface area contributed by atoms with Gasteiger partial charge in [0.1, 0.15) is 13.2 Å². The summed E-state index contributed by atoms with van der Waals surface area (Å²) < 4.78 is 42.7. The Labute approximate surface area is 227 Å². The fourth-order valence-electron chi connectivity index (χ4n) is 2.87. The van der Waals surface area contributed by atoms with Gasteiger partial charge in [0.05, 0.1) is 77.2 Å². The maximum absolute atomic E-state index is 12.1. The first-order chi connectivity index (χ1) is 18.7. The number of unbranched alkanes of at least 4 members (excludes halogenated alkanes) is 2. The van der Waals surface area contributed by atoms with Crippen LogP contribution in [0, 0.1) is 0 Å². The van der Waals surface area contributed by atoms with Crippen molar-refractivity contribution in [2.45, 2.75) is 39.5 Å². The average molecular weight is 543 g/mol. The normalized spacial score (nSPS) is 11.0. The summed E-state index contributed by atoms with van der Waals surface area (Å²) in [6.07, 6.45) is 4.34. The number of carbonyl (C=O) groups excluding carboxylic acids is 2. The number of esters is 2. The van der Waals surface area contributed by atoms with Gasteiger partial charge in [-0.15, -0.1) is 0 Å². The summed E-state index contributed by atoms with van der Waals surface area (Å²) in [6.45, 7) is 10.5. The second kappa shape index (κ2) is 25.2. The van der Waals surface area contributed by atoms with E-state index in [1.165, 1.54) is 24.3 Å². The molecule has 0 atom stereocenters. The van der Waals surface area contributed by atoms with E-state index >= 15 is 0 Å². The number of hydrogen-bond donors (Lipinski definition) is 0. The molecular formula is C28H46O10. The van der Waals surface area contributed by atoms with Crippen LogP contribution in [-0.4, -0.2) is 104 Å². The van der Waals surface area contributed by atoms with E-state index in [-0.39, 0.29) is 26.4 Å². The molecule has 0 saturated heterocycles. The van der Waals surface area contributed by atoms with Gasteiger partial charge in [0.2, 0.25) is 0 Å². The fraction of sp³-hybridized carbons (Fsp3) is 0.714. The van der Waals surface area contributed by atoms with Crippen molar-refractivity contribution in [3.8, 4) is 0 Å². The van der Waals surface area contributed by atoms with Crippen LogP contribution in [0.25, 0.3) is 0 Å². The summed E-state index contributed by atoms with van der Waals surface area (Å²) in [5.74, 6) is -0.978. The third-order valence-electron chi connectivity index (χ3n) is 5.05. The molecule has 0 aromatic heterocycles. The Hall–Kier alpha value is -2.08. The topological polar surface area (TPSA) is 108 Å². The van der Waals surface area contributed by atoms with E-state index < -0.39 is 11.9 Å². The number of carbonyl (C=O) groups is 2. The number of rotatable bonds is 26. The highest BCUT2D eigenvalue weighted by atomic mass is 16.6. The van der Waals surface area contributed by atoms with Crippen LogP contribution in [0.5, 0.6) is 0 Å². The fourth-order valence-corrected chi connectivity index (χ4v) is 2.87. The molecule has 38 heavy (non-hydrogen) atoms. The lowest BCUT2D eigenvalue weighted by Gasteiger charge is -2.08. The summed E-state index contributed by atoms with van der Waals surface area (Å²) >= 11 is 0. The van der Waals surface area contributed by atoms with E-state index in [0.717, 1.165) is 38.9 Å². The van der Waals surface area contributed by atoms with Gasteiger partial charge in [-0.1, -0.05) is 26.7 Å². The predicted molar refractivity (Wildman–Crippen MR) is 142 cm³/mol. The quantitative estimate of drug-likeness (QED) is 0.127. The van der Waals surface area contributed by atoms with Gasteiger partial charge >= 0.3 is 11.9 Å². The van der Waals surface area contributed by atoms with Gasteiger partial charge in [-0.25, -0.2) is 9.59 Å². The molecule has 1 aromatic rings. The molecule has 10 nitrogen and oxygen atoms in total. The van der Waals surface area contributed by atoms with Gasteiger partial charge < -0.3 is 37.9 Å². The van der Waals surface area contributed by atoms with Crippen LogP contribution in [0.1, 0.15) is 60.2 Å². The molecule has 0 fully saturated rings. The van der Waals surface area contributed by atoms with E-state index in [1.54, 1.807) is 0 Å². The summed E-state index contributed by atoms with van der Waals surface area (Å²) in [7, 11) is 0. The van der Waals surface area contributed by atoms with Crippen LogP contribution in [0.4, 0.5) is 0 Å². The highest BCUT2D eigenvalue weighted by Crippen LogP contribution is 2.08. The molecule has 1 rings (SSSR count). The third kappa shape index (κ3) is 19.1. The summed E-state index contributed by atoms with van der Waals surface area (Å²) in [4.78, 5) is 24.3. The van der Waals surface area contributed by atoms with E-state index in [1.807, 2.05) is 0 Å². The number of hydrogen-bond acceptors (Lipinski definition) is 10. The van der Waals surface area contributed by atoms with Crippen molar-refractivity contribution in [1.29, 1.82) is 0 Å². The first kappa shape index (κ1) is 33.9. The minimum atomic E-state index is -0.489. The molecule has 0 unspecified atom stereocenters. The maximum Gasteiger partial charge on any atom is 0.338 e. The van der Waals surface area contributed by atoms with Gasteiger partial charge in [0.25, 0.3) is 0 Å². The molecule has 0 heterocycles. The van der Waals surface area contributed by atoms with E-state index in [2.05, 4.69) is 13.8 Å². The van der Waals surface area contributed by atoms with Crippen molar-refractivity contribution in [3.63, 3.8) is 0 Å². The molecule has 0 radical (unpaired) electrons. The van der Waals surface area contributed by atoms with Gasteiger partial charge in [-0.3, -0.25) is 0 Å². The molecule has 0 bridgehead atoms. The second-order valence-electron chi connectivity index (χ2n) is 8.23. The van der Waals surface area contributed by atoms with Gasteiger partial charge in [0.15, 0.2) is 0 Å². The smallest absolute Gasteiger partial charge is 0.338 e. The van der Waals surface area contributed by atoms with Crippen molar-refractivity contribution in [2.24, 2.45) is 0 Å². The Balaban J connectivity index is 2.01. The molecule has 0 aliphatic rings. The van der Waals surface area contributed by atoms with Crippen LogP contribution in [0.15, 0.2) is 24.3 Å². The number of benzene rings is 1.